The summed E-state index contributed by atoms with van der Waals surface area (Å²) in [6.07, 6.45) is 3.77. The van der Waals surface area contributed by atoms with E-state index in [2.05, 4.69) is 6.58 Å². The molecule has 2 rings (SSSR count). The Morgan fingerprint density at radius 1 is 1.50 bits per heavy atom. The van der Waals surface area contributed by atoms with Crippen LogP contribution in [0.3, 0.4) is 0 Å². The van der Waals surface area contributed by atoms with Crippen LogP contribution in [0.1, 0.15) is 34.1 Å². The minimum Gasteiger partial charge on any atom is -0.458 e. The largest absolute Gasteiger partial charge is 0.458 e. The van der Waals surface area contributed by atoms with Gasteiger partial charge in [0, 0.05) is 17.6 Å². The molecule has 5 atom stereocenters. The molecule has 1 fully saturated rings. The molecule has 1 aliphatic heterocycles. The number of ether oxygens (including phenoxy) is 2. The maximum Gasteiger partial charge on any atom is 0.334 e. The number of hydrogen-bond donors (Lipinski definition) is 2. The van der Waals surface area contributed by atoms with Gasteiger partial charge in [-0.05, 0) is 39.3 Å². The first-order valence-corrected chi connectivity index (χ1v) is 8.57. The van der Waals surface area contributed by atoms with Crippen molar-refractivity contribution in [3.63, 3.8) is 0 Å². The molecule has 0 aromatic rings. The van der Waals surface area contributed by atoms with Gasteiger partial charge in [-0.3, -0.25) is 0 Å². The van der Waals surface area contributed by atoms with Crippen LogP contribution in [-0.2, 0) is 19.1 Å². The number of carbonyl (C=O) groups is 2. The van der Waals surface area contributed by atoms with E-state index in [1.165, 1.54) is 12.2 Å². The summed E-state index contributed by atoms with van der Waals surface area (Å²) in [5, 5.41) is 20.9. The highest BCUT2D eigenvalue weighted by atomic mass is 16.6. The van der Waals surface area contributed by atoms with Crippen molar-refractivity contribution in [2.45, 2.75) is 58.0 Å². The summed E-state index contributed by atoms with van der Waals surface area (Å²) in [7, 11) is 0. The summed E-state index contributed by atoms with van der Waals surface area (Å²) in [6, 6.07) is 0. The smallest absolute Gasteiger partial charge is 0.334 e. The van der Waals surface area contributed by atoms with E-state index in [0.29, 0.717) is 11.1 Å². The molecule has 0 aromatic carbocycles. The van der Waals surface area contributed by atoms with E-state index in [1.54, 1.807) is 39.8 Å². The molecule has 2 N–H and O–H groups in total. The van der Waals surface area contributed by atoms with Gasteiger partial charge in [0.25, 0.3) is 0 Å². The molecular weight excluding hydrogens is 336 g/mol. The van der Waals surface area contributed by atoms with Crippen molar-refractivity contribution in [1.29, 1.82) is 0 Å². The third-order valence-corrected chi connectivity index (χ3v) is 4.82. The van der Waals surface area contributed by atoms with Crippen LogP contribution in [0, 0.1) is 5.92 Å². The Morgan fingerprint density at radius 2 is 2.15 bits per heavy atom. The summed E-state index contributed by atoms with van der Waals surface area (Å²) in [4.78, 5) is 24.4. The molecule has 142 valence electrons. The number of rotatable bonds is 2. The van der Waals surface area contributed by atoms with E-state index < -0.39 is 41.8 Å². The zero-order valence-electron chi connectivity index (χ0n) is 15.6. The van der Waals surface area contributed by atoms with Crippen molar-refractivity contribution in [3.05, 3.63) is 47.6 Å². The lowest BCUT2D eigenvalue weighted by molar-refractivity contribution is -0.150. The number of allylic oxidation sites excluding steroid dienone is 1. The van der Waals surface area contributed by atoms with Gasteiger partial charge < -0.3 is 19.7 Å². The molecule has 1 aliphatic carbocycles. The van der Waals surface area contributed by atoms with Crippen LogP contribution in [0.2, 0.25) is 0 Å². The molecule has 1 saturated heterocycles. The first-order chi connectivity index (χ1) is 12.1. The van der Waals surface area contributed by atoms with Gasteiger partial charge in [0.2, 0.25) is 0 Å². The number of aliphatic hydroxyl groups excluding tert-OH is 1. The van der Waals surface area contributed by atoms with Crippen molar-refractivity contribution in [2.24, 2.45) is 5.92 Å². The summed E-state index contributed by atoms with van der Waals surface area (Å²) < 4.78 is 11.0. The molecule has 0 saturated carbocycles. The number of esters is 2. The Labute approximate surface area is 153 Å². The van der Waals surface area contributed by atoms with Crippen LogP contribution >= 0.6 is 0 Å². The van der Waals surface area contributed by atoms with Gasteiger partial charge in [0.15, 0.2) is 0 Å². The molecule has 6 nitrogen and oxygen atoms in total. The zero-order chi connectivity index (χ0) is 19.6. The molecule has 2 aliphatic rings. The fourth-order valence-corrected chi connectivity index (χ4v) is 3.05. The highest BCUT2D eigenvalue weighted by molar-refractivity contribution is 5.92. The molecule has 6 heteroatoms. The lowest BCUT2D eigenvalue weighted by Gasteiger charge is -2.32. The van der Waals surface area contributed by atoms with E-state index in [9.17, 15) is 19.8 Å². The minimum atomic E-state index is -1.36. The molecule has 1 heterocycles. The Bertz CT molecular complexity index is 697. The Morgan fingerprint density at radius 3 is 2.77 bits per heavy atom. The average molecular weight is 362 g/mol. The molecule has 0 amide bonds. The highest BCUT2D eigenvalue weighted by Crippen LogP contribution is 2.37. The highest BCUT2D eigenvalue weighted by Gasteiger charge is 2.46. The van der Waals surface area contributed by atoms with Crippen molar-refractivity contribution in [3.8, 4) is 0 Å². The van der Waals surface area contributed by atoms with Crippen molar-refractivity contribution < 1.29 is 29.3 Å². The van der Waals surface area contributed by atoms with Crippen LogP contribution in [0.5, 0.6) is 0 Å². The summed E-state index contributed by atoms with van der Waals surface area (Å²) in [5.41, 5.74) is -0.188. The zero-order valence-corrected chi connectivity index (χ0v) is 15.6. The van der Waals surface area contributed by atoms with Gasteiger partial charge in [-0.1, -0.05) is 24.8 Å². The maximum absolute atomic E-state index is 12.3. The first-order valence-electron chi connectivity index (χ1n) is 8.57. The van der Waals surface area contributed by atoms with Crippen LogP contribution in [0.4, 0.5) is 0 Å². The first kappa shape index (κ1) is 20.1. The maximum atomic E-state index is 12.3. The Hall–Kier alpha value is -2.18. The molecule has 0 spiro atoms. The second kappa shape index (κ2) is 7.60. The van der Waals surface area contributed by atoms with Crippen molar-refractivity contribution in [2.75, 3.05) is 0 Å². The average Bonchev–Trinajstić information content (AvgIpc) is 2.84. The molecule has 26 heavy (non-hydrogen) atoms. The van der Waals surface area contributed by atoms with Gasteiger partial charge in [-0.2, -0.15) is 0 Å². The lowest BCUT2D eigenvalue weighted by Crippen LogP contribution is -2.40. The third kappa shape index (κ3) is 4.31. The van der Waals surface area contributed by atoms with Gasteiger partial charge in [0.05, 0.1) is 17.6 Å². The monoisotopic (exact) mass is 362 g/mol. The quantitative estimate of drug-likeness (QED) is 0.443. The SMILES string of the molecule is C=C1C(=O)O[C@@H]2C=C(C)[C@H](O)C=C[C@](C)(O)C[C@@H](OC(=O)C(C)=CC)[C@@H]12. The molecule has 0 bridgehead atoms. The van der Waals surface area contributed by atoms with E-state index in [4.69, 9.17) is 9.47 Å². The van der Waals surface area contributed by atoms with Gasteiger partial charge in [-0.15, -0.1) is 0 Å². The van der Waals surface area contributed by atoms with E-state index in [0.717, 1.165) is 0 Å². The standard InChI is InChI=1S/C20H26O6/c1-6-11(2)18(22)26-16-10-20(5,24)8-7-14(21)12(3)9-15-17(16)13(4)19(23)25-15/h6-9,14-17,21,24H,4,10H2,1-3,5H3/t14-,15-,16-,17+,20+/m1/s1. The number of aliphatic hydroxyl groups is 2. The van der Waals surface area contributed by atoms with Crippen molar-refractivity contribution >= 4 is 11.9 Å². The molecule has 0 unspecified atom stereocenters. The Kier molecular flexibility index (Phi) is 5.88. The van der Waals surface area contributed by atoms with Crippen LogP contribution in [0.25, 0.3) is 0 Å². The predicted octanol–water partition coefficient (Wildman–Crippen LogP) is 1.98. The normalized spacial score (nSPS) is 35.5. The van der Waals surface area contributed by atoms with Crippen LogP contribution < -0.4 is 0 Å². The van der Waals surface area contributed by atoms with Gasteiger partial charge in [-0.25, -0.2) is 9.59 Å². The summed E-state index contributed by atoms with van der Waals surface area (Å²) in [5.74, 6) is -1.74. The fraction of sp³-hybridized carbons (Fsp3) is 0.500. The van der Waals surface area contributed by atoms with Gasteiger partial charge in [0.1, 0.15) is 12.2 Å². The van der Waals surface area contributed by atoms with Crippen molar-refractivity contribution in [1.82, 2.24) is 0 Å². The fourth-order valence-electron chi connectivity index (χ4n) is 3.05. The number of fused-ring (bicyclic) bond motifs is 1. The molecule has 0 aromatic heterocycles. The molecule has 0 radical (unpaired) electrons. The second-order valence-corrected chi connectivity index (χ2v) is 7.11. The minimum absolute atomic E-state index is 0.0304. The van der Waals surface area contributed by atoms with E-state index in [1.807, 2.05) is 0 Å². The van der Waals surface area contributed by atoms with E-state index in [-0.39, 0.29) is 12.0 Å². The summed E-state index contributed by atoms with van der Waals surface area (Å²) >= 11 is 0. The van der Waals surface area contributed by atoms with Gasteiger partial charge >= 0.3 is 11.9 Å². The Balaban J connectivity index is 2.48. The lowest BCUT2D eigenvalue weighted by atomic mass is 9.82. The number of carbonyl (C=O) groups excluding carboxylic acids is 2. The topological polar surface area (TPSA) is 93.1 Å². The van der Waals surface area contributed by atoms with E-state index >= 15 is 0 Å². The van der Waals surface area contributed by atoms with Crippen LogP contribution in [0.15, 0.2) is 47.6 Å². The predicted molar refractivity (Wildman–Crippen MR) is 96.0 cm³/mol. The number of hydrogen-bond acceptors (Lipinski definition) is 6. The summed E-state index contributed by atoms with van der Waals surface area (Å²) in [6.45, 7) is 10.4. The third-order valence-electron chi connectivity index (χ3n) is 4.82. The van der Waals surface area contributed by atoms with Crippen LogP contribution in [-0.4, -0.2) is 46.1 Å². The second-order valence-electron chi connectivity index (χ2n) is 7.11. The molecular formula is C20H26O6.